The van der Waals surface area contributed by atoms with Gasteiger partial charge in [-0.15, -0.1) is 0 Å². The van der Waals surface area contributed by atoms with Gasteiger partial charge < -0.3 is 5.11 Å². The summed E-state index contributed by atoms with van der Waals surface area (Å²) in [5.41, 5.74) is -1.12. The molecule has 13 heavy (non-hydrogen) atoms. The molecule has 0 amide bonds. The first kappa shape index (κ1) is 8.63. The van der Waals surface area contributed by atoms with Gasteiger partial charge in [-0.25, -0.2) is 8.78 Å². The van der Waals surface area contributed by atoms with Crippen LogP contribution in [0.15, 0.2) is 24.3 Å². The zero-order valence-electron chi connectivity index (χ0n) is 7.22. The fourth-order valence-electron chi connectivity index (χ4n) is 1.76. The average molecular weight is 184 g/mol. The van der Waals surface area contributed by atoms with Crippen molar-refractivity contribution in [2.45, 2.75) is 24.9 Å². The Morgan fingerprint density at radius 1 is 1.31 bits per heavy atom. The summed E-state index contributed by atoms with van der Waals surface area (Å²) in [7, 11) is 0. The molecule has 0 heterocycles. The SMILES string of the molecule is C[C@]1(O)c2ccccc2CC1(F)F. The molecule has 1 aromatic rings. The molecule has 0 fully saturated rings. The molecule has 1 aromatic carbocycles. The van der Waals surface area contributed by atoms with Crippen LogP contribution in [0.3, 0.4) is 0 Å². The summed E-state index contributed by atoms with van der Waals surface area (Å²) >= 11 is 0. The highest BCUT2D eigenvalue weighted by molar-refractivity contribution is 5.40. The minimum atomic E-state index is -3.04. The van der Waals surface area contributed by atoms with Crippen LogP contribution in [-0.2, 0) is 12.0 Å². The molecule has 0 aliphatic heterocycles. The van der Waals surface area contributed by atoms with Crippen LogP contribution in [0.25, 0.3) is 0 Å². The highest BCUT2D eigenvalue weighted by atomic mass is 19.3. The van der Waals surface area contributed by atoms with Gasteiger partial charge in [-0.05, 0) is 18.1 Å². The quantitative estimate of drug-likeness (QED) is 0.654. The van der Waals surface area contributed by atoms with E-state index in [0.717, 1.165) is 0 Å². The minimum Gasteiger partial charge on any atom is -0.379 e. The summed E-state index contributed by atoms with van der Waals surface area (Å²) in [5, 5.41) is 9.62. The third-order valence-electron chi connectivity index (χ3n) is 2.67. The Balaban J connectivity index is 2.60. The molecule has 1 N–H and O–H groups in total. The maximum atomic E-state index is 13.3. The topological polar surface area (TPSA) is 20.2 Å². The molecular formula is C10H10F2O. The second-order valence-corrected chi connectivity index (χ2v) is 3.61. The van der Waals surface area contributed by atoms with E-state index < -0.39 is 11.5 Å². The highest BCUT2D eigenvalue weighted by Crippen LogP contribution is 2.47. The Hall–Kier alpha value is -0.960. The third-order valence-corrected chi connectivity index (χ3v) is 2.67. The largest absolute Gasteiger partial charge is 0.379 e. The number of halogens is 2. The third kappa shape index (κ3) is 1.000. The summed E-state index contributed by atoms with van der Waals surface area (Å²) in [6.07, 6.45) is -0.365. The van der Waals surface area contributed by atoms with Crippen molar-refractivity contribution in [2.24, 2.45) is 0 Å². The van der Waals surface area contributed by atoms with E-state index in [0.29, 0.717) is 11.1 Å². The van der Waals surface area contributed by atoms with Crippen molar-refractivity contribution >= 4 is 0 Å². The molecule has 1 aliphatic rings. The monoisotopic (exact) mass is 184 g/mol. The lowest BCUT2D eigenvalue weighted by atomic mass is 9.96. The number of fused-ring (bicyclic) bond motifs is 1. The summed E-state index contributed by atoms with van der Waals surface area (Å²) in [4.78, 5) is 0. The van der Waals surface area contributed by atoms with Crippen LogP contribution in [0.5, 0.6) is 0 Å². The molecule has 0 spiro atoms. The van der Waals surface area contributed by atoms with Crippen LogP contribution < -0.4 is 0 Å². The van der Waals surface area contributed by atoms with Crippen LogP contribution in [0.2, 0.25) is 0 Å². The summed E-state index contributed by atoms with van der Waals surface area (Å²) < 4.78 is 26.5. The van der Waals surface area contributed by atoms with E-state index >= 15 is 0 Å². The molecular weight excluding hydrogens is 174 g/mol. The number of hydrogen-bond donors (Lipinski definition) is 1. The van der Waals surface area contributed by atoms with E-state index in [1.807, 2.05) is 0 Å². The Bertz CT molecular complexity index is 345. The number of hydrogen-bond acceptors (Lipinski definition) is 1. The van der Waals surface area contributed by atoms with Gasteiger partial charge in [0.15, 0.2) is 5.60 Å². The predicted octanol–water partition coefficient (Wildman–Crippen LogP) is 2.09. The Labute approximate surface area is 75.0 Å². The Morgan fingerprint density at radius 3 is 2.54 bits per heavy atom. The highest BCUT2D eigenvalue weighted by Gasteiger charge is 2.55. The average Bonchev–Trinajstić information content (AvgIpc) is 2.20. The summed E-state index contributed by atoms with van der Waals surface area (Å²) in [6.45, 7) is 1.17. The first-order valence-corrected chi connectivity index (χ1v) is 4.14. The zero-order chi connectivity index (χ0) is 9.69. The fraction of sp³-hybridized carbons (Fsp3) is 0.400. The molecule has 3 heteroatoms. The van der Waals surface area contributed by atoms with Gasteiger partial charge in [0.05, 0.1) is 0 Å². The van der Waals surface area contributed by atoms with E-state index in [1.54, 1.807) is 24.3 Å². The van der Waals surface area contributed by atoms with Gasteiger partial charge in [-0.2, -0.15) is 0 Å². The van der Waals surface area contributed by atoms with Crippen molar-refractivity contribution in [3.8, 4) is 0 Å². The van der Waals surface area contributed by atoms with E-state index in [2.05, 4.69) is 0 Å². The van der Waals surface area contributed by atoms with E-state index in [-0.39, 0.29) is 6.42 Å². The minimum absolute atomic E-state index is 0.347. The maximum Gasteiger partial charge on any atom is 0.284 e. The van der Waals surface area contributed by atoms with Crippen molar-refractivity contribution in [3.63, 3.8) is 0 Å². The van der Waals surface area contributed by atoms with Gasteiger partial charge in [0, 0.05) is 6.42 Å². The standard InChI is InChI=1S/C10H10F2O/c1-9(13)8-5-3-2-4-7(8)6-10(9,11)12/h2-5,13H,6H2,1H3/t9-/m0/s1. The molecule has 70 valence electrons. The van der Waals surface area contributed by atoms with Crippen molar-refractivity contribution < 1.29 is 13.9 Å². The Kier molecular flexibility index (Phi) is 1.52. The lowest BCUT2D eigenvalue weighted by Gasteiger charge is -2.25. The lowest BCUT2D eigenvalue weighted by Crippen LogP contribution is -2.38. The first-order chi connectivity index (χ1) is 5.95. The van der Waals surface area contributed by atoms with Crippen LogP contribution in [0.1, 0.15) is 18.1 Å². The van der Waals surface area contributed by atoms with Crippen molar-refractivity contribution in [2.75, 3.05) is 0 Å². The smallest absolute Gasteiger partial charge is 0.284 e. The first-order valence-electron chi connectivity index (χ1n) is 4.14. The van der Waals surface area contributed by atoms with Crippen LogP contribution in [0, 0.1) is 0 Å². The van der Waals surface area contributed by atoms with Gasteiger partial charge >= 0.3 is 0 Å². The molecule has 2 rings (SSSR count). The molecule has 0 bridgehead atoms. The second kappa shape index (κ2) is 2.29. The normalized spacial score (nSPS) is 30.2. The zero-order valence-corrected chi connectivity index (χ0v) is 7.22. The van der Waals surface area contributed by atoms with Crippen molar-refractivity contribution in [1.82, 2.24) is 0 Å². The predicted molar refractivity (Wildman–Crippen MR) is 44.7 cm³/mol. The van der Waals surface area contributed by atoms with Crippen LogP contribution in [-0.4, -0.2) is 11.0 Å². The second-order valence-electron chi connectivity index (χ2n) is 3.61. The molecule has 0 aromatic heterocycles. The molecule has 0 unspecified atom stereocenters. The van der Waals surface area contributed by atoms with Gasteiger partial charge in [-0.1, -0.05) is 24.3 Å². The lowest BCUT2D eigenvalue weighted by molar-refractivity contribution is -0.163. The van der Waals surface area contributed by atoms with Crippen molar-refractivity contribution in [1.29, 1.82) is 0 Å². The molecule has 1 nitrogen and oxygen atoms in total. The number of rotatable bonds is 0. The van der Waals surface area contributed by atoms with E-state index in [9.17, 15) is 13.9 Å². The number of alkyl halides is 2. The molecule has 1 atom stereocenters. The molecule has 0 radical (unpaired) electrons. The maximum absolute atomic E-state index is 13.3. The Morgan fingerprint density at radius 2 is 1.92 bits per heavy atom. The van der Waals surface area contributed by atoms with E-state index in [4.69, 9.17) is 0 Å². The van der Waals surface area contributed by atoms with Gasteiger partial charge in [-0.3, -0.25) is 0 Å². The van der Waals surface area contributed by atoms with Gasteiger partial charge in [0.2, 0.25) is 0 Å². The van der Waals surface area contributed by atoms with Gasteiger partial charge in [0.25, 0.3) is 5.92 Å². The van der Waals surface area contributed by atoms with Gasteiger partial charge in [0.1, 0.15) is 0 Å². The molecule has 0 saturated heterocycles. The van der Waals surface area contributed by atoms with Crippen molar-refractivity contribution in [3.05, 3.63) is 35.4 Å². The van der Waals surface area contributed by atoms with Crippen LogP contribution in [0.4, 0.5) is 8.78 Å². The fourth-order valence-corrected chi connectivity index (χ4v) is 1.76. The summed E-state index contributed by atoms with van der Waals surface area (Å²) in [6, 6.07) is 6.55. The molecule has 0 saturated carbocycles. The van der Waals surface area contributed by atoms with Crippen LogP contribution >= 0.6 is 0 Å². The van der Waals surface area contributed by atoms with E-state index in [1.165, 1.54) is 6.92 Å². The number of aliphatic hydroxyl groups is 1. The molecule has 1 aliphatic carbocycles. The summed E-state index contributed by atoms with van der Waals surface area (Å²) in [5.74, 6) is -3.04. The number of benzene rings is 1.